The second-order valence-corrected chi connectivity index (χ2v) is 4.48. The second-order valence-electron chi connectivity index (χ2n) is 3.42. The summed E-state index contributed by atoms with van der Waals surface area (Å²) in [6.45, 7) is 1.91. The number of thiazole rings is 1. The zero-order valence-electron chi connectivity index (χ0n) is 8.93. The largest absolute Gasteiger partial charge is 0.478 e. The van der Waals surface area contributed by atoms with E-state index < -0.39 is 5.97 Å². The number of carboxylic acids is 1. The Morgan fingerprint density at radius 3 is 2.94 bits per heavy atom. The van der Waals surface area contributed by atoms with Crippen LogP contribution >= 0.6 is 11.3 Å². The van der Waals surface area contributed by atoms with Crippen LogP contribution in [-0.4, -0.2) is 23.2 Å². The summed E-state index contributed by atoms with van der Waals surface area (Å²) in [6.07, 6.45) is -0.0642. The number of aromatic carboxylic acids is 1. The van der Waals surface area contributed by atoms with Crippen molar-refractivity contribution in [1.82, 2.24) is 4.98 Å². The number of fused-ring (bicyclic) bond motifs is 1. The maximum Gasteiger partial charge on any atom is 0.335 e. The maximum atomic E-state index is 10.8. The van der Waals surface area contributed by atoms with E-state index in [1.807, 2.05) is 6.92 Å². The molecule has 0 aliphatic heterocycles. The normalized spacial score (nSPS) is 12.9. The number of carbonyl (C=O) groups is 1. The molecule has 0 saturated carbocycles. The van der Waals surface area contributed by atoms with Gasteiger partial charge in [0.2, 0.25) is 0 Å². The van der Waals surface area contributed by atoms with Crippen molar-refractivity contribution in [2.75, 3.05) is 7.11 Å². The van der Waals surface area contributed by atoms with Crippen LogP contribution in [0.1, 0.15) is 28.4 Å². The molecule has 0 aliphatic carbocycles. The fourth-order valence-corrected chi connectivity index (χ4v) is 2.39. The molecule has 5 heteroatoms. The Morgan fingerprint density at radius 1 is 1.56 bits per heavy atom. The lowest BCUT2D eigenvalue weighted by Gasteiger charge is -2.02. The van der Waals surface area contributed by atoms with Crippen LogP contribution in [-0.2, 0) is 4.74 Å². The molecule has 0 spiro atoms. The first-order valence-corrected chi connectivity index (χ1v) is 5.60. The number of hydrogen-bond donors (Lipinski definition) is 1. The lowest BCUT2D eigenvalue weighted by molar-refractivity contribution is 0.0697. The molecule has 16 heavy (non-hydrogen) atoms. The van der Waals surface area contributed by atoms with Gasteiger partial charge in [0.1, 0.15) is 11.1 Å². The van der Waals surface area contributed by atoms with Crippen LogP contribution in [0.3, 0.4) is 0 Å². The van der Waals surface area contributed by atoms with E-state index in [0.717, 1.165) is 15.2 Å². The number of hydrogen-bond acceptors (Lipinski definition) is 4. The second kappa shape index (κ2) is 4.19. The van der Waals surface area contributed by atoms with Gasteiger partial charge >= 0.3 is 5.97 Å². The molecule has 1 N–H and O–H groups in total. The summed E-state index contributed by atoms with van der Waals surface area (Å²) in [5.41, 5.74) is 1.10. The summed E-state index contributed by atoms with van der Waals surface area (Å²) in [4.78, 5) is 15.2. The highest BCUT2D eigenvalue weighted by atomic mass is 32.1. The Labute approximate surface area is 96.5 Å². The van der Waals surface area contributed by atoms with Gasteiger partial charge < -0.3 is 9.84 Å². The Kier molecular flexibility index (Phi) is 2.89. The molecule has 1 unspecified atom stereocenters. The Hall–Kier alpha value is -1.46. The number of nitrogens with zero attached hydrogens (tertiary/aromatic N) is 1. The van der Waals surface area contributed by atoms with Crippen molar-refractivity contribution in [1.29, 1.82) is 0 Å². The van der Waals surface area contributed by atoms with Crippen molar-refractivity contribution < 1.29 is 14.6 Å². The smallest absolute Gasteiger partial charge is 0.335 e. The van der Waals surface area contributed by atoms with Crippen LogP contribution in [0.4, 0.5) is 0 Å². The number of benzene rings is 1. The molecule has 2 rings (SSSR count). The van der Waals surface area contributed by atoms with E-state index in [2.05, 4.69) is 4.98 Å². The van der Waals surface area contributed by atoms with Gasteiger partial charge in [0.05, 0.1) is 15.8 Å². The van der Waals surface area contributed by atoms with Crippen LogP contribution in [0.25, 0.3) is 10.2 Å². The van der Waals surface area contributed by atoms with Crippen molar-refractivity contribution in [3.8, 4) is 0 Å². The van der Waals surface area contributed by atoms with Gasteiger partial charge in [-0.3, -0.25) is 0 Å². The zero-order chi connectivity index (χ0) is 11.7. The van der Waals surface area contributed by atoms with E-state index in [1.54, 1.807) is 25.3 Å². The first-order valence-electron chi connectivity index (χ1n) is 4.78. The summed E-state index contributed by atoms with van der Waals surface area (Å²) in [5.74, 6) is -0.920. The van der Waals surface area contributed by atoms with Crippen LogP contribution < -0.4 is 0 Å². The number of aromatic nitrogens is 1. The molecule has 1 heterocycles. The van der Waals surface area contributed by atoms with Gasteiger partial charge in [0.25, 0.3) is 0 Å². The lowest BCUT2D eigenvalue weighted by Crippen LogP contribution is -1.94. The molecule has 4 nitrogen and oxygen atoms in total. The molecule has 0 bridgehead atoms. The summed E-state index contributed by atoms with van der Waals surface area (Å²) in [5, 5.41) is 9.73. The SMILES string of the molecule is COC(C)c1nc2ccc(C(=O)O)cc2s1. The molecule has 0 saturated heterocycles. The summed E-state index contributed by atoms with van der Waals surface area (Å²) in [7, 11) is 1.62. The molecule has 1 aromatic heterocycles. The van der Waals surface area contributed by atoms with E-state index in [1.165, 1.54) is 11.3 Å². The van der Waals surface area contributed by atoms with Gasteiger partial charge in [-0.2, -0.15) is 0 Å². The van der Waals surface area contributed by atoms with Gasteiger partial charge in [0, 0.05) is 7.11 Å². The number of carboxylic acid groups (broad SMARTS) is 1. The molecule has 0 aliphatic rings. The van der Waals surface area contributed by atoms with E-state index in [4.69, 9.17) is 9.84 Å². The monoisotopic (exact) mass is 237 g/mol. The molecular formula is C11H11NO3S. The third-order valence-electron chi connectivity index (χ3n) is 2.35. The Balaban J connectivity index is 2.49. The first kappa shape index (κ1) is 11.0. The van der Waals surface area contributed by atoms with Gasteiger partial charge in [-0.1, -0.05) is 0 Å². The average molecular weight is 237 g/mol. The topological polar surface area (TPSA) is 59.4 Å². The standard InChI is InChI=1S/C11H11NO3S/c1-6(15-2)10-12-8-4-3-7(11(13)14)5-9(8)16-10/h3-6H,1-2H3,(H,13,14). The van der Waals surface area contributed by atoms with Crippen molar-refractivity contribution in [2.24, 2.45) is 0 Å². The summed E-state index contributed by atoms with van der Waals surface area (Å²) >= 11 is 1.46. The lowest BCUT2D eigenvalue weighted by atomic mass is 10.2. The molecule has 0 amide bonds. The van der Waals surface area contributed by atoms with Crippen LogP contribution in [0.15, 0.2) is 18.2 Å². The minimum atomic E-state index is -0.920. The van der Waals surface area contributed by atoms with Crippen LogP contribution in [0, 0.1) is 0 Å². The number of methoxy groups -OCH3 is 1. The molecular weight excluding hydrogens is 226 g/mol. The van der Waals surface area contributed by atoms with Crippen LogP contribution in [0.5, 0.6) is 0 Å². The van der Waals surface area contributed by atoms with Gasteiger partial charge in [-0.15, -0.1) is 11.3 Å². The van der Waals surface area contributed by atoms with Gasteiger partial charge in [-0.05, 0) is 25.1 Å². The molecule has 84 valence electrons. The van der Waals surface area contributed by atoms with E-state index in [0.29, 0.717) is 0 Å². The third-order valence-corrected chi connectivity index (χ3v) is 3.53. The third kappa shape index (κ3) is 1.91. The first-order chi connectivity index (χ1) is 7.61. The quantitative estimate of drug-likeness (QED) is 0.891. The Morgan fingerprint density at radius 2 is 2.31 bits per heavy atom. The van der Waals surface area contributed by atoms with Crippen molar-refractivity contribution in [2.45, 2.75) is 13.0 Å². The highest BCUT2D eigenvalue weighted by Gasteiger charge is 2.12. The van der Waals surface area contributed by atoms with Crippen molar-refractivity contribution in [3.05, 3.63) is 28.8 Å². The summed E-state index contributed by atoms with van der Waals surface area (Å²) in [6, 6.07) is 4.92. The molecule has 0 radical (unpaired) electrons. The molecule has 2 aromatic rings. The van der Waals surface area contributed by atoms with E-state index in [9.17, 15) is 4.79 Å². The highest BCUT2D eigenvalue weighted by Crippen LogP contribution is 2.28. The van der Waals surface area contributed by atoms with E-state index in [-0.39, 0.29) is 11.7 Å². The predicted octanol–water partition coefficient (Wildman–Crippen LogP) is 2.70. The number of ether oxygens (including phenoxy) is 1. The predicted molar refractivity (Wildman–Crippen MR) is 62.0 cm³/mol. The molecule has 1 aromatic carbocycles. The van der Waals surface area contributed by atoms with Gasteiger partial charge in [-0.25, -0.2) is 9.78 Å². The summed E-state index contributed by atoms with van der Waals surface area (Å²) < 4.78 is 6.05. The number of rotatable bonds is 3. The molecule has 1 atom stereocenters. The van der Waals surface area contributed by atoms with Crippen LogP contribution in [0.2, 0.25) is 0 Å². The zero-order valence-corrected chi connectivity index (χ0v) is 9.75. The van der Waals surface area contributed by atoms with Gasteiger partial charge in [0.15, 0.2) is 0 Å². The Bertz CT molecular complexity index is 535. The molecule has 0 fully saturated rings. The fraction of sp³-hybridized carbons (Fsp3) is 0.273. The van der Waals surface area contributed by atoms with Crippen molar-refractivity contribution >= 4 is 27.5 Å². The minimum absolute atomic E-state index is 0.0642. The average Bonchev–Trinajstić information content (AvgIpc) is 2.70. The minimum Gasteiger partial charge on any atom is -0.478 e. The van der Waals surface area contributed by atoms with E-state index >= 15 is 0 Å². The van der Waals surface area contributed by atoms with Crippen molar-refractivity contribution in [3.63, 3.8) is 0 Å². The maximum absolute atomic E-state index is 10.8. The fourth-order valence-electron chi connectivity index (χ4n) is 1.35. The highest BCUT2D eigenvalue weighted by molar-refractivity contribution is 7.18.